The highest BCUT2D eigenvalue weighted by atomic mass is 32.1. The van der Waals surface area contributed by atoms with Crippen molar-refractivity contribution < 1.29 is 0 Å². The number of benzene rings is 10. The molecule has 0 spiro atoms. The van der Waals surface area contributed by atoms with Crippen LogP contribution in [0.4, 0.5) is 0 Å². The van der Waals surface area contributed by atoms with Gasteiger partial charge in [-0.1, -0.05) is 146 Å². The van der Waals surface area contributed by atoms with Crippen LogP contribution in [0.2, 0.25) is 0 Å². The second-order valence-electron chi connectivity index (χ2n) is 16.5. The Balaban J connectivity index is 1.02. The maximum Gasteiger partial charge on any atom is 0.160 e. The highest BCUT2D eigenvalue weighted by molar-refractivity contribution is 7.25. The van der Waals surface area contributed by atoms with Gasteiger partial charge in [0.1, 0.15) is 0 Å². The number of aromatic nitrogens is 4. The minimum Gasteiger partial charge on any atom is -0.309 e. The molecule has 63 heavy (non-hydrogen) atoms. The van der Waals surface area contributed by atoms with Crippen LogP contribution < -0.4 is 0 Å². The first-order valence-corrected chi connectivity index (χ1v) is 22.2. The van der Waals surface area contributed by atoms with E-state index in [9.17, 15) is 0 Å². The van der Waals surface area contributed by atoms with Crippen LogP contribution in [-0.2, 0) is 0 Å². The molecule has 0 aliphatic heterocycles. The van der Waals surface area contributed by atoms with Crippen LogP contribution in [-0.4, -0.2) is 19.1 Å². The van der Waals surface area contributed by atoms with Gasteiger partial charge in [-0.15, -0.1) is 11.3 Å². The summed E-state index contributed by atoms with van der Waals surface area (Å²) in [4.78, 5) is 10.6. The number of fused-ring (bicyclic) bond motifs is 13. The third kappa shape index (κ3) is 5.03. The maximum atomic E-state index is 5.41. The Morgan fingerprint density at radius 2 is 1.02 bits per heavy atom. The molecule has 14 rings (SSSR count). The smallest absolute Gasteiger partial charge is 0.160 e. The van der Waals surface area contributed by atoms with Crippen LogP contribution in [0.5, 0.6) is 0 Å². The summed E-state index contributed by atoms with van der Waals surface area (Å²) in [6, 6.07) is 74.9. The summed E-state index contributed by atoms with van der Waals surface area (Å²) in [6.07, 6.45) is 0. The van der Waals surface area contributed by atoms with Crippen molar-refractivity contribution in [2.45, 2.75) is 0 Å². The molecule has 4 nitrogen and oxygen atoms in total. The van der Waals surface area contributed by atoms with Crippen molar-refractivity contribution in [2.24, 2.45) is 0 Å². The zero-order valence-corrected chi connectivity index (χ0v) is 34.6. The molecule has 0 aliphatic rings. The zero-order valence-electron chi connectivity index (χ0n) is 33.8. The molecule has 292 valence electrons. The van der Waals surface area contributed by atoms with Gasteiger partial charge in [0.05, 0.1) is 39.0 Å². The number of thiophene rings is 1. The van der Waals surface area contributed by atoms with Crippen LogP contribution in [0.1, 0.15) is 0 Å². The van der Waals surface area contributed by atoms with Crippen LogP contribution in [0.15, 0.2) is 206 Å². The van der Waals surface area contributed by atoms with Crippen molar-refractivity contribution in [3.05, 3.63) is 206 Å². The van der Waals surface area contributed by atoms with E-state index in [0.29, 0.717) is 5.82 Å². The Labute approximate surface area is 365 Å². The highest BCUT2D eigenvalue weighted by Gasteiger charge is 2.23. The van der Waals surface area contributed by atoms with E-state index in [1.807, 2.05) is 11.3 Å². The van der Waals surface area contributed by atoms with Gasteiger partial charge in [-0.05, 0) is 76.8 Å². The molecule has 0 saturated heterocycles. The number of rotatable bonds is 4. The Hall–Kier alpha value is -8.12. The van der Waals surface area contributed by atoms with Gasteiger partial charge in [0, 0.05) is 69.3 Å². The van der Waals surface area contributed by atoms with Gasteiger partial charge in [-0.3, -0.25) is 0 Å². The number of hydrogen-bond donors (Lipinski definition) is 0. The fourth-order valence-corrected chi connectivity index (χ4v) is 11.4. The first kappa shape index (κ1) is 34.6. The lowest BCUT2D eigenvalue weighted by molar-refractivity contribution is 1.17. The summed E-state index contributed by atoms with van der Waals surface area (Å²) in [5.41, 5.74) is 10.8. The second kappa shape index (κ2) is 13.2. The Bertz CT molecular complexity index is 4230. The molecule has 0 fully saturated rings. The summed E-state index contributed by atoms with van der Waals surface area (Å²) >= 11 is 1.84. The molecule has 10 aromatic carbocycles. The van der Waals surface area contributed by atoms with Crippen LogP contribution in [0.3, 0.4) is 0 Å². The van der Waals surface area contributed by atoms with Gasteiger partial charge in [-0.2, -0.15) is 0 Å². The van der Waals surface area contributed by atoms with Crippen molar-refractivity contribution >= 4 is 108 Å². The Morgan fingerprint density at radius 1 is 0.349 bits per heavy atom. The second-order valence-corrected chi connectivity index (χ2v) is 17.6. The average molecular weight is 819 g/mol. The normalized spacial score (nSPS) is 12.1. The van der Waals surface area contributed by atoms with Gasteiger partial charge < -0.3 is 9.13 Å². The molecule has 4 heterocycles. The SMILES string of the molecule is c1cc(-c2nc(-c3ccc4sc5ccccc5c4c3)c3ccccc3n2)cc(-n2c3ccccc3c3c(-n4c5ccccc5c5c6ccccc6ccc54)c4ccccc4cc32)c1. The fraction of sp³-hybridized carbons (Fsp3) is 0. The van der Waals surface area contributed by atoms with Crippen molar-refractivity contribution in [2.75, 3.05) is 0 Å². The Morgan fingerprint density at radius 3 is 1.87 bits per heavy atom. The highest BCUT2D eigenvalue weighted by Crippen LogP contribution is 2.45. The summed E-state index contributed by atoms with van der Waals surface area (Å²) in [5, 5.41) is 13.4. The standard InChI is InChI=1S/C58H34N4S/c1-3-18-40-35(14-1)28-30-50-54(40)44-22-6-11-26-49(44)62(50)57-41-19-4-2-15-36(41)34-51-55(57)45-23-7-10-25-48(45)61(51)39-17-13-16-38(32-39)58-59-47-24-9-5-21-43(47)56(60-58)37-29-31-53-46(33-37)42-20-8-12-27-52(42)63-53/h1-34H. The van der Waals surface area contributed by atoms with E-state index < -0.39 is 0 Å². The third-order valence-electron chi connectivity index (χ3n) is 13.1. The quantitative estimate of drug-likeness (QED) is 0.177. The van der Waals surface area contributed by atoms with Crippen molar-refractivity contribution in [3.8, 4) is 34.0 Å². The first-order valence-electron chi connectivity index (χ1n) is 21.4. The molecule has 0 radical (unpaired) electrons. The molecule has 14 aromatic rings. The lowest BCUT2D eigenvalue weighted by atomic mass is 10.0. The third-order valence-corrected chi connectivity index (χ3v) is 14.2. The lowest BCUT2D eigenvalue weighted by Crippen LogP contribution is -1.99. The molecule has 0 unspecified atom stereocenters. The maximum absolute atomic E-state index is 5.41. The molecule has 0 atom stereocenters. The van der Waals surface area contributed by atoms with E-state index in [4.69, 9.17) is 9.97 Å². The van der Waals surface area contributed by atoms with E-state index in [1.165, 1.54) is 80.0 Å². The van der Waals surface area contributed by atoms with Crippen LogP contribution >= 0.6 is 11.3 Å². The fourth-order valence-electron chi connectivity index (χ4n) is 10.3. The first-order chi connectivity index (χ1) is 31.2. The van der Waals surface area contributed by atoms with Crippen molar-refractivity contribution in [3.63, 3.8) is 0 Å². The monoisotopic (exact) mass is 818 g/mol. The molecule has 0 amide bonds. The predicted octanol–water partition coefficient (Wildman–Crippen LogP) is 15.8. The molecule has 0 aliphatic carbocycles. The molecule has 4 aromatic heterocycles. The van der Waals surface area contributed by atoms with Crippen LogP contribution in [0, 0.1) is 0 Å². The number of nitrogens with zero attached hydrogens (tertiary/aromatic N) is 4. The molecule has 5 heteroatoms. The minimum absolute atomic E-state index is 0.699. The van der Waals surface area contributed by atoms with Gasteiger partial charge in [0.25, 0.3) is 0 Å². The van der Waals surface area contributed by atoms with Gasteiger partial charge in [0.2, 0.25) is 0 Å². The number of para-hydroxylation sites is 3. The van der Waals surface area contributed by atoms with Gasteiger partial charge in [0.15, 0.2) is 5.82 Å². The minimum atomic E-state index is 0.699. The zero-order chi connectivity index (χ0) is 41.2. The molecular weight excluding hydrogens is 785 g/mol. The average Bonchev–Trinajstić information content (AvgIpc) is 4.00. The Kier molecular flexibility index (Phi) is 7.24. The van der Waals surface area contributed by atoms with E-state index >= 15 is 0 Å². The lowest BCUT2D eigenvalue weighted by Gasteiger charge is -2.16. The van der Waals surface area contributed by atoms with E-state index in [1.54, 1.807) is 0 Å². The predicted molar refractivity (Wildman–Crippen MR) is 267 cm³/mol. The summed E-state index contributed by atoms with van der Waals surface area (Å²) in [7, 11) is 0. The molecule has 0 N–H and O–H groups in total. The molecule has 0 saturated carbocycles. The summed E-state index contributed by atoms with van der Waals surface area (Å²) in [6.45, 7) is 0. The topological polar surface area (TPSA) is 35.6 Å². The summed E-state index contributed by atoms with van der Waals surface area (Å²) in [5.74, 6) is 0.699. The molecular formula is C58H34N4S. The van der Waals surface area contributed by atoms with Crippen molar-refractivity contribution in [1.29, 1.82) is 0 Å². The van der Waals surface area contributed by atoms with Gasteiger partial charge >= 0.3 is 0 Å². The summed E-state index contributed by atoms with van der Waals surface area (Å²) < 4.78 is 7.53. The van der Waals surface area contributed by atoms with E-state index in [0.717, 1.165) is 44.4 Å². The number of hydrogen-bond acceptors (Lipinski definition) is 3. The largest absolute Gasteiger partial charge is 0.309 e. The molecule has 0 bridgehead atoms. The van der Waals surface area contributed by atoms with Crippen LogP contribution in [0.25, 0.3) is 130 Å². The van der Waals surface area contributed by atoms with Gasteiger partial charge in [-0.25, -0.2) is 9.97 Å². The van der Waals surface area contributed by atoms with Crippen molar-refractivity contribution in [1.82, 2.24) is 19.1 Å². The van der Waals surface area contributed by atoms with E-state index in [2.05, 4.69) is 215 Å². The van der Waals surface area contributed by atoms with E-state index in [-0.39, 0.29) is 0 Å².